The van der Waals surface area contributed by atoms with Crippen LogP contribution in [0.3, 0.4) is 0 Å². The van der Waals surface area contributed by atoms with Crippen LogP contribution in [0.4, 0.5) is 0 Å². The van der Waals surface area contributed by atoms with Crippen LogP contribution >= 0.6 is 0 Å². The van der Waals surface area contributed by atoms with Crippen LogP contribution in [0.15, 0.2) is 23.3 Å². The molecular formula is C16H26. The van der Waals surface area contributed by atoms with E-state index in [9.17, 15) is 0 Å². The van der Waals surface area contributed by atoms with E-state index < -0.39 is 0 Å². The third-order valence-electron chi connectivity index (χ3n) is 4.85. The van der Waals surface area contributed by atoms with E-state index in [1.54, 1.807) is 11.1 Å². The summed E-state index contributed by atoms with van der Waals surface area (Å²) in [6.45, 7) is 9.58. The summed E-state index contributed by atoms with van der Waals surface area (Å²) in [6.07, 6.45) is 11.6. The molecule has 0 saturated heterocycles. The fraction of sp³-hybridized carbons (Fsp3) is 0.750. The highest BCUT2D eigenvalue weighted by Crippen LogP contribution is 2.56. The molecule has 2 aliphatic rings. The van der Waals surface area contributed by atoms with Gasteiger partial charge in [0.25, 0.3) is 0 Å². The predicted octanol–water partition coefficient (Wildman–Crippen LogP) is 5.12. The standard InChI is InChI=1S/C16H26/c1-5-6-10-16(12(2)3)11-13(4)14-8-7-9-15(14)16/h7,9,12-13H,5-6,8,10-11H2,1-4H3. The third-order valence-corrected chi connectivity index (χ3v) is 4.85. The fourth-order valence-electron chi connectivity index (χ4n) is 3.82. The van der Waals surface area contributed by atoms with Crippen molar-refractivity contribution in [3.8, 4) is 0 Å². The molecule has 16 heavy (non-hydrogen) atoms. The lowest BCUT2D eigenvalue weighted by Gasteiger charge is -2.36. The molecule has 0 bridgehead atoms. The number of hydrogen-bond donors (Lipinski definition) is 0. The van der Waals surface area contributed by atoms with E-state index in [1.165, 1.54) is 32.1 Å². The Hall–Kier alpha value is -0.520. The van der Waals surface area contributed by atoms with Gasteiger partial charge in [-0.3, -0.25) is 0 Å². The Labute approximate surface area is 101 Å². The monoisotopic (exact) mass is 218 g/mol. The molecule has 0 N–H and O–H groups in total. The molecule has 0 aromatic carbocycles. The molecule has 0 radical (unpaired) electrons. The van der Waals surface area contributed by atoms with Crippen LogP contribution in [-0.2, 0) is 0 Å². The highest BCUT2D eigenvalue weighted by molar-refractivity contribution is 5.44. The van der Waals surface area contributed by atoms with Gasteiger partial charge in [0.05, 0.1) is 0 Å². The first-order valence-corrected chi connectivity index (χ1v) is 7.02. The van der Waals surface area contributed by atoms with Crippen molar-refractivity contribution in [1.82, 2.24) is 0 Å². The Bertz CT molecular complexity index is 319. The van der Waals surface area contributed by atoms with Gasteiger partial charge in [-0.2, -0.15) is 0 Å². The quantitative estimate of drug-likeness (QED) is 0.614. The van der Waals surface area contributed by atoms with Gasteiger partial charge >= 0.3 is 0 Å². The Kier molecular flexibility index (Phi) is 3.28. The summed E-state index contributed by atoms with van der Waals surface area (Å²) in [5.41, 5.74) is 3.99. The second kappa shape index (κ2) is 4.39. The van der Waals surface area contributed by atoms with Crippen LogP contribution in [0.5, 0.6) is 0 Å². The van der Waals surface area contributed by atoms with Crippen LogP contribution in [-0.4, -0.2) is 0 Å². The summed E-state index contributed by atoms with van der Waals surface area (Å²) < 4.78 is 0. The van der Waals surface area contributed by atoms with Gasteiger partial charge in [-0.15, -0.1) is 0 Å². The summed E-state index contributed by atoms with van der Waals surface area (Å²) >= 11 is 0. The largest absolute Gasteiger partial charge is 0.0801 e. The Morgan fingerprint density at radius 2 is 2.19 bits per heavy atom. The van der Waals surface area contributed by atoms with Crippen molar-refractivity contribution in [3.05, 3.63) is 23.3 Å². The Morgan fingerprint density at radius 3 is 2.81 bits per heavy atom. The van der Waals surface area contributed by atoms with E-state index in [1.807, 2.05) is 0 Å². The summed E-state index contributed by atoms with van der Waals surface area (Å²) in [5, 5.41) is 0. The second-order valence-electron chi connectivity index (χ2n) is 6.06. The molecule has 0 heterocycles. The molecule has 0 fully saturated rings. The second-order valence-corrected chi connectivity index (χ2v) is 6.06. The molecule has 0 amide bonds. The van der Waals surface area contributed by atoms with Crippen molar-refractivity contribution in [2.45, 2.75) is 59.8 Å². The zero-order valence-electron chi connectivity index (χ0n) is 11.3. The van der Waals surface area contributed by atoms with Gasteiger partial charge in [0.1, 0.15) is 0 Å². The van der Waals surface area contributed by atoms with E-state index in [4.69, 9.17) is 0 Å². The zero-order chi connectivity index (χ0) is 11.8. The van der Waals surface area contributed by atoms with Crippen LogP contribution < -0.4 is 0 Å². The maximum atomic E-state index is 2.44. The van der Waals surface area contributed by atoms with Crippen molar-refractivity contribution in [2.75, 3.05) is 0 Å². The smallest absolute Gasteiger partial charge is 0.00188 e. The average molecular weight is 218 g/mol. The minimum atomic E-state index is 0.512. The molecular weight excluding hydrogens is 192 g/mol. The van der Waals surface area contributed by atoms with Crippen LogP contribution in [0.2, 0.25) is 0 Å². The minimum Gasteiger partial charge on any atom is -0.0801 e. The lowest BCUT2D eigenvalue weighted by Crippen LogP contribution is -2.27. The average Bonchev–Trinajstić information content (AvgIpc) is 2.80. The molecule has 0 aromatic rings. The number of rotatable bonds is 4. The number of unbranched alkanes of at least 4 members (excludes halogenated alkanes) is 1. The third kappa shape index (κ3) is 1.67. The first kappa shape index (κ1) is 12.0. The lowest BCUT2D eigenvalue weighted by molar-refractivity contribution is 0.206. The minimum absolute atomic E-state index is 0.512. The van der Waals surface area contributed by atoms with Crippen molar-refractivity contribution < 1.29 is 0 Å². The molecule has 0 nitrogen and oxygen atoms in total. The molecule has 0 heteroatoms. The highest BCUT2D eigenvalue weighted by atomic mass is 14.5. The molecule has 0 aromatic heterocycles. The van der Waals surface area contributed by atoms with Crippen molar-refractivity contribution in [2.24, 2.45) is 17.3 Å². The topological polar surface area (TPSA) is 0 Å². The molecule has 90 valence electrons. The van der Waals surface area contributed by atoms with E-state index >= 15 is 0 Å². The van der Waals surface area contributed by atoms with E-state index in [0.29, 0.717) is 5.41 Å². The van der Waals surface area contributed by atoms with Gasteiger partial charge in [-0.25, -0.2) is 0 Å². The van der Waals surface area contributed by atoms with Gasteiger partial charge in [0.2, 0.25) is 0 Å². The van der Waals surface area contributed by atoms with Crippen LogP contribution in [0.1, 0.15) is 59.8 Å². The fourth-order valence-corrected chi connectivity index (χ4v) is 3.82. The zero-order valence-corrected chi connectivity index (χ0v) is 11.3. The van der Waals surface area contributed by atoms with Crippen molar-refractivity contribution in [1.29, 1.82) is 0 Å². The molecule has 0 aliphatic heterocycles. The molecule has 2 atom stereocenters. The first-order valence-electron chi connectivity index (χ1n) is 7.02. The van der Waals surface area contributed by atoms with E-state index in [-0.39, 0.29) is 0 Å². The van der Waals surface area contributed by atoms with Gasteiger partial charge < -0.3 is 0 Å². The molecule has 2 unspecified atom stereocenters. The summed E-state index contributed by atoms with van der Waals surface area (Å²) in [5.74, 6) is 1.61. The molecule has 0 saturated carbocycles. The SMILES string of the molecule is CCCCC1(C(C)C)CC(C)C2=C1C=CC2. The molecule has 2 aliphatic carbocycles. The first-order chi connectivity index (χ1) is 7.62. The summed E-state index contributed by atoms with van der Waals surface area (Å²) in [7, 11) is 0. The van der Waals surface area contributed by atoms with Gasteiger partial charge in [-0.1, -0.05) is 58.3 Å². The Morgan fingerprint density at radius 1 is 1.44 bits per heavy atom. The van der Waals surface area contributed by atoms with Crippen LogP contribution in [0, 0.1) is 17.3 Å². The van der Waals surface area contributed by atoms with E-state index in [0.717, 1.165) is 11.8 Å². The van der Waals surface area contributed by atoms with Crippen LogP contribution in [0.25, 0.3) is 0 Å². The van der Waals surface area contributed by atoms with Gasteiger partial charge in [-0.05, 0) is 42.1 Å². The maximum absolute atomic E-state index is 2.44. The van der Waals surface area contributed by atoms with Crippen molar-refractivity contribution >= 4 is 0 Å². The van der Waals surface area contributed by atoms with E-state index in [2.05, 4.69) is 39.8 Å². The normalized spacial score (nSPS) is 32.9. The molecule has 2 rings (SSSR count). The van der Waals surface area contributed by atoms with Gasteiger partial charge in [0, 0.05) is 0 Å². The Balaban J connectivity index is 2.30. The highest BCUT2D eigenvalue weighted by Gasteiger charge is 2.45. The number of allylic oxidation sites excluding steroid dienone is 4. The maximum Gasteiger partial charge on any atom is -0.00188 e. The summed E-state index contributed by atoms with van der Waals surface area (Å²) in [4.78, 5) is 0. The van der Waals surface area contributed by atoms with Crippen molar-refractivity contribution in [3.63, 3.8) is 0 Å². The lowest BCUT2D eigenvalue weighted by atomic mass is 9.68. The van der Waals surface area contributed by atoms with Gasteiger partial charge in [0.15, 0.2) is 0 Å². The number of hydrogen-bond acceptors (Lipinski definition) is 0. The predicted molar refractivity (Wildman–Crippen MR) is 71.4 cm³/mol. The molecule has 0 spiro atoms. The summed E-state index contributed by atoms with van der Waals surface area (Å²) in [6, 6.07) is 0.